The topological polar surface area (TPSA) is 133 Å². The number of hydrogen-bond acceptors (Lipinski definition) is 5. The standard InChI is InChI=1S/C17H15F2N3O6/c18-8-1-2-9(11(19)5-8)13-6-20-15(28-13)14(23)21-12-3-4-22(17(26)27)7-10(12)16(24)25/h1-2,5-6,10,12H,3-4,7H2,(H,21,23)(H,24,25)(H,26,27)/t10-,12-/m0/s1. The first-order chi connectivity index (χ1) is 13.3. The Morgan fingerprint density at radius 3 is 2.64 bits per heavy atom. The Morgan fingerprint density at radius 2 is 2.00 bits per heavy atom. The monoisotopic (exact) mass is 395 g/mol. The fraction of sp³-hybridized carbons (Fsp3) is 0.294. The Bertz CT molecular complexity index is 931. The molecular formula is C17H15F2N3O6. The van der Waals surface area contributed by atoms with Crippen LogP contribution in [-0.4, -0.2) is 57.2 Å². The third kappa shape index (κ3) is 3.92. The van der Waals surface area contributed by atoms with Crippen molar-refractivity contribution in [3.63, 3.8) is 0 Å². The molecule has 1 fully saturated rings. The molecule has 148 valence electrons. The van der Waals surface area contributed by atoms with Crippen LogP contribution >= 0.6 is 0 Å². The molecule has 1 aliphatic heterocycles. The van der Waals surface area contributed by atoms with Gasteiger partial charge in [-0.2, -0.15) is 0 Å². The second kappa shape index (κ2) is 7.62. The summed E-state index contributed by atoms with van der Waals surface area (Å²) < 4.78 is 32.0. The number of piperidine rings is 1. The van der Waals surface area contributed by atoms with Crippen LogP contribution in [-0.2, 0) is 4.79 Å². The molecule has 2 heterocycles. The Morgan fingerprint density at radius 1 is 1.25 bits per heavy atom. The molecule has 1 saturated heterocycles. The molecule has 28 heavy (non-hydrogen) atoms. The maximum Gasteiger partial charge on any atom is 0.407 e. The van der Waals surface area contributed by atoms with E-state index < -0.39 is 47.5 Å². The van der Waals surface area contributed by atoms with E-state index in [-0.39, 0.29) is 30.8 Å². The zero-order chi connectivity index (χ0) is 20.4. The summed E-state index contributed by atoms with van der Waals surface area (Å²) in [4.78, 5) is 39.5. The van der Waals surface area contributed by atoms with Gasteiger partial charge in [0.05, 0.1) is 17.7 Å². The predicted octanol–water partition coefficient (Wildman–Crippen LogP) is 1.80. The summed E-state index contributed by atoms with van der Waals surface area (Å²) in [5, 5.41) is 20.8. The second-order valence-electron chi connectivity index (χ2n) is 6.20. The van der Waals surface area contributed by atoms with Crippen LogP contribution in [0, 0.1) is 17.6 Å². The Kier molecular flexibility index (Phi) is 5.25. The molecule has 2 atom stereocenters. The minimum absolute atomic E-state index is 0.0572. The van der Waals surface area contributed by atoms with Gasteiger partial charge in [0, 0.05) is 25.2 Å². The summed E-state index contributed by atoms with van der Waals surface area (Å²) in [5.41, 5.74) is -0.0915. The lowest BCUT2D eigenvalue weighted by molar-refractivity contribution is -0.144. The zero-order valence-corrected chi connectivity index (χ0v) is 14.3. The van der Waals surface area contributed by atoms with E-state index in [9.17, 15) is 28.3 Å². The van der Waals surface area contributed by atoms with Crippen molar-refractivity contribution in [1.29, 1.82) is 0 Å². The summed E-state index contributed by atoms with van der Waals surface area (Å²) in [6.07, 6.45) is -0.0584. The lowest BCUT2D eigenvalue weighted by atomic mass is 9.92. The van der Waals surface area contributed by atoms with Crippen molar-refractivity contribution >= 4 is 18.0 Å². The highest BCUT2D eigenvalue weighted by Gasteiger charge is 2.37. The van der Waals surface area contributed by atoms with Gasteiger partial charge in [0.2, 0.25) is 0 Å². The number of hydrogen-bond donors (Lipinski definition) is 3. The highest BCUT2D eigenvalue weighted by atomic mass is 19.1. The number of amides is 2. The number of likely N-dealkylation sites (tertiary alicyclic amines) is 1. The molecule has 0 radical (unpaired) electrons. The number of carboxylic acids is 1. The number of aliphatic carboxylic acids is 1. The average molecular weight is 395 g/mol. The molecule has 1 aromatic carbocycles. The van der Waals surface area contributed by atoms with Crippen LogP contribution in [0.2, 0.25) is 0 Å². The number of benzene rings is 1. The molecule has 0 unspecified atom stereocenters. The van der Waals surface area contributed by atoms with Gasteiger partial charge in [0.15, 0.2) is 5.76 Å². The van der Waals surface area contributed by atoms with Crippen LogP contribution in [0.4, 0.5) is 13.6 Å². The fourth-order valence-corrected chi connectivity index (χ4v) is 2.97. The van der Waals surface area contributed by atoms with E-state index in [4.69, 9.17) is 9.52 Å². The van der Waals surface area contributed by atoms with Gasteiger partial charge in [0.25, 0.3) is 5.89 Å². The first-order valence-corrected chi connectivity index (χ1v) is 8.19. The van der Waals surface area contributed by atoms with Crippen molar-refractivity contribution in [2.75, 3.05) is 13.1 Å². The SMILES string of the molecule is O=C(N[C@H]1CCN(C(=O)O)C[C@@H]1C(=O)O)c1ncc(-c2ccc(F)cc2F)o1. The number of oxazole rings is 1. The molecule has 2 amide bonds. The van der Waals surface area contributed by atoms with E-state index in [0.29, 0.717) is 6.07 Å². The van der Waals surface area contributed by atoms with Crippen LogP contribution in [0.1, 0.15) is 17.1 Å². The molecule has 1 aliphatic rings. The van der Waals surface area contributed by atoms with Gasteiger partial charge in [-0.15, -0.1) is 0 Å². The lowest BCUT2D eigenvalue weighted by Crippen LogP contribution is -2.54. The molecule has 0 bridgehead atoms. The smallest absolute Gasteiger partial charge is 0.407 e. The van der Waals surface area contributed by atoms with E-state index in [2.05, 4.69) is 10.3 Å². The Labute approximate surface area is 156 Å². The molecule has 3 rings (SSSR count). The third-order valence-electron chi connectivity index (χ3n) is 4.41. The predicted molar refractivity (Wildman–Crippen MR) is 88.4 cm³/mol. The second-order valence-corrected chi connectivity index (χ2v) is 6.20. The van der Waals surface area contributed by atoms with Gasteiger partial charge in [-0.1, -0.05) is 0 Å². The van der Waals surface area contributed by atoms with Crippen molar-refractivity contribution in [2.24, 2.45) is 5.92 Å². The molecule has 2 aromatic rings. The van der Waals surface area contributed by atoms with E-state index in [1.54, 1.807) is 0 Å². The van der Waals surface area contributed by atoms with Crippen molar-refractivity contribution in [1.82, 2.24) is 15.2 Å². The molecular weight excluding hydrogens is 380 g/mol. The minimum Gasteiger partial charge on any atom is -0.481 e. The quantitative estimate of drug-likeness (QED) is 0.719. The molecule has 11 heteroatoms. The summed E-state index contributed by atoms with van der Waals surface area (Å²) in [7, 11) is 0. The summed E-state index contributed by atoms with van der Waals surface area (Å²) in [6.45, 7) is -0.213. The van der Waals surface area contributed by atoms with E-state index in [0.717, 1.165) is 23.2 Å². The normalized spacial score (nSPS) is 19.3. The number of rotatable bonds is 4. The van der Waals surface area contributed by atoms with Gasteiger partial charge < -0.3 is 24.8 Å². The van der Waals surface area contributed by atoms with Crippen LogP contribution in [0.3, 0.4) is 0 Å². The molecule has 9 nitrogen and oxygen atoms in total. The zero-order valence-electron chi connectivity index (χ0n) is 14.3. The summed E-state index contributed by atoms with van der Waals surface area (Å²) in [6, 6.07) is 1.98. The fourth-order valence-electron chi connectivity index (χ4n) is 2.97. The Hall–Kier alpha value is -3.50. The first kappa shape index (κ1) is 19.3. The van der Waals surface area contributed by atoms with Crippen molar-refractivity contribution in [3.05, 3.63) is 41.9 Å². The summed E-state index contributed by atoms with van der Waals surface area (Å²) >= 11 is 0. The lowest BCUT2D eigenvalue weighted by Gasteiger charge is -2.35. The molecule has 3 N–H and O–H groups in total. The van der Waals surface area contributed by atoms with Crippen LogP contribution in [0.25, 0.3) is 11.3 Å². The maximum atomic E-state index is 13.8. The van der Waals surface area contributed by atoms with Crippen LogP contribution in [0.15, 0.2) is 28.8 Å². The maximum absolute atomic E-state index is 13.8. The van der Waals surface area contributed by atoms with Crippen molar-refractivity contribution < 1.29 is 37.8 Å². The highest BCUT2D eigenvalue weighted by molar-refractivity contribution is 5.90. The van der Waals surface area contributed by atoms with Gasteiger partial charge in [0.1, 0.15) is 11.6 Å². The van der Waals surface area contributed by atoms with Crippen molar-refractivity contribution in [3.8, 4) is 11.3 Å². The Balaban J connectivity index is 1.73. The molecule has 0 spiro atoms. The number of halogens is 2. The molecule has 0 aliphatic carbocycles. The van der Waals surface area contributed by atoms with Crippen LogP contribution < -0.4 is 5.32 Å². The van der Waals surface area contributed by atoms with E-state index in [1.165, 1.54) is 0 Å². The number of aromatic nitrogens is 1. The molecule has 0 saturated carbocycles. The number of nitrogens with one attached hydrogen (secondary N) is 1. The highest BCUT2D eigenvalue weighted by Crippen LogP contribution is 2.25. The van der Waals surface area contributed by atoms with Gasteiger partial charge >= 0.3 is 18.0 Å². The largest absolute Gasteiger partial charge is 0.481 e. The molecule has 1 aromatic heterocycles. The van der Waals surface area contributed by atoms with E-state index >= 15 is 0 Å². The number of carbonyl (C=O) groups is 3. The average Bonchev–Trinajstić information content (AvgIpc) is 3.11. The van der Waals surface area contributed by atoms with Gasteiger partial charge in [-0.25, -0.2) is 18.6 Å². The minimum atomic E-state index is -1.25. The summed E-state index contributed by atoms with van der Waals surface area (Å²) in [5.74, 6) is -5.41. The van der Waals surface area contributed by atoms with Crippen LogP contribution in [0.5, 0.6) is 0 Å². The number of carboxylic acid groups (broad SMARTS) is 2. The number of nitrogens with zero attached hydrogens (tertiary/aromatic N) is 2. The van der Waals surface area contributed by atoms with Gasteiger partial charge in [-0.05, 0) is 18.6 Å². The third-order valence-corrected chi connectivity index (χ3v) is 4.41. The first-order valence-electron chi connectivity index (χ1n) is 8.19. The van der Waals surface area contributed by atoms with Crippen molar-refractivity contribution in [2.45, 2.75) is 12.5 Å². The van der Waals surface area contributed by atoms with E-state index in [1.807, 2.05) is 0 Å². The number of carbonyl (C=O) groups excluding carboxylic acids is 1. The van der Waals surface area contributed by atoms with Gasteiger partial charge in [-0.3, -0.25) is 9.59 Å².